The summed E-state index contributed by atoms with van der Waals surface area (Å²) in [6, 6.07) is 0. The molecule has 1 N–H and O–H groups in total. The van der Waals surface area contributed by atoms with E-state index in [-0.39, 0.29) is 24.0 Å². The van der Waals surface area contributed by atoms with E-state index in [1.807, 2.05) is 24.1 Å². The summed E-state index contributed by atoms with van der Waals surface area (Å²) in [5, 5.41) is 16.4. The van der Waals surface area contributed by atoms with Crippen LogP contribution in [0.4, 0.5) is 0 Å². The van der Waals surface area contributed by atoms with Crippen LogP contribution in [-0.4, -0.2) is 55.5 Å². The van der Waals surface area contributed by atoms with Crippen LogP contribution in [0.1, 0.15) is 49.8 Å². The van der Waals surface area contributed by atoms with Crippen LogP contribution in [0, 0.1) is 0 Å². The molecule has 0 amide bonds. The van der Waals surface area contributed by atoms with Crippen LogP contribution < -0.4 is 5.32 Å². The number of aromatic nitrogens is 5. The van der Waals surface area contributed by atoms with Crippen LogP contribution in [0.25, 0.3) is 0 Å². The van der Waals surface area contributed by atoms with Crippen molar-refractivity contribution >= 4 is 29.9 Å². The van der Waals surface area contributed by atoms with Crippen molar-refractivity contribution in [3.63, 3.8) is 0 Å². The summed E-state index contributed by atoms with van der Waals surface area (Å²) in [7, 11) is 4.00. The van der Waals surface area contributed by atoms with Crippen molar-refractivity contribution in [2.24, 2.45) is 12.0 Å². The predicted octanol–water partition coefficient (Wildman–Crippen LogP) is 2.39. The van der Waals surface area contributed by atoms with Gasteiger partial charge >= 0.3 is 0 Å². The molecule has 8 nitrogen and oxygen atoms in total. The van der Waals surface area contributed by atoms with Crippen molar-refractivity contribution in [1.82, 2.24) is 34.8 Å². The third-order valence-electron chi connectivity index (χ3n) is 4.88. The number of hydrogen-bond acceptors (Lipinski definition) is 4. The van der Waals surface area contributed by atoms with Crippen molar-refractivity contribution in [2.45, 2.75) is 58.5 Å². The highest BCUT2D eigenvalue weighted by molar-refractivity contribution is 14.0. The molecule has 3 rings (SSSR count). The highest BCUT2D eigenvalue weighted by Crippen LogP contribution is 2.15. The van der Waals surface area contributed by atoms with Gasteiger partial charge in [0.1, 0.15) is 11.6 Å². The van der Waals surface area contributed by atoms with Gasteiger partial charge < -0.3 is 14.8 Å². The Kier molecular flexibility index (Phi) is 9.20. The second kappa shape index (κ2) is 11.4. The summed E-state index contributed by atoms with van der Waals surface area (Å²) in [5.74, 6) is 3.22. The van der Waals surface area contributed by atoms with Gasteiger partial charge in [-0.1, -0.05) is 6.42 Å². The predicted molar refractivity (Wildman–Crippen MR) is 122 cm³/mol. The first-order valence-corrected chi connectivity index (χ1v) is 10.0. The second-order valence-corrected chi connectivity index (χ2v) is 7.21. The lowest BCUT2D eigenvalue weighted by Gasteiger charge is -2.21. The summed E-state index contributed by atoms with van der Waals surface area (Å²) in [6.45, 7) is 5.59. The Morgan fingerprint density at radius 2 is 2.14 bits per heavy atom. The Labute approximate surface area is 184 Å². The molecule has 2 aromatic heterocycles. The van der Waals surface area contributed by atoms with E-state index in [4.69, 9.17) is 4.99 Å². The second-order valence-electron chi connectivity index (χ2n) is 7.21. The Morgan fingerprint density at radius 3 is 2.89 bits per heavy atom. The van der Waals surface area contributed by atoms with Gasteiger partial charge in [0.2, 0.25) is 0 Å². The molecule has 0 aromatic carbocycles. The van der Waals surface area contributed by atoms with Crippen LogP contribution in [0.2, 0.25) is 0 Å². The van der Waals surface area contributed by atoms with Gasteiger partial charge in [-0.05, 0) is 26.2 Å². The van der Waals surface area contributed by atoms with Gasteiger partial charge in [0, 0.05) is 64.9 Å². The average molecular weight is 500 g/mol. The Hall–Kier alpha value is -1.65. The number of nitrogens with one attached hydrogen (secondary N) is 1. The zero-order valence-corrected chi connectivity index (χ0v) is 19.6. The maximum Gasteiger partial charge on any atom is 0.193 e. The first-order valence-electron chi connectivity index (χ1n) is 10.0. The lowest BCUT2D eigenvalue weighted by Crippen LogP contribution is -2.38. The minimum absolute atomic E-state index is 0. The van der Waals surface area contributed by atoms with E-state index in [1.54, 1.807) is 0 Å². The third kappa shape index (κ3) is 6.18. The van der Waals surface area contributed by atoms with E-state index in [1.165, 1.54) is 24.8 Å². The number of nitrogens with zero attached hydrogens (tertiary/aromatic N) is 7. The Morgan fingerprint density at radius 1 is 1.29 bits per heavy atom. The molecule has 1 aliphatic rings. The minimum Gasteiger partial charge on any atom is -0.357 e. The number of guanidine groups is 1. The van der Waals surface area contributed by atoms with Crippen molar-refractivity contribution in [3.05, 3.63) is 29.6 Å². The maximum absolute atomic E-state index is 4.79. The molecule has 0 saturated heterocycles. The van der Waals surface area contributed by atoms with E-state index in [0.29, 0.717) is 0 Å². The molecular formula is C19H33IN8. The fourth-order valence-corrected chi connectivity index (χ4v) is 3.52. The Bertz CT molecular complexity index is 751. The molecule has 156 valence electrons. The molecule has 0 unspecified atom stereocenters. The summed E-state index contributed by atoms with van der Waals surface area (Å²) in [4.78, 5) is 6.94. The minimum atomic E-state index is 0. The quantitative estimate of drug-likeness (QED) is 0.274. The van der Waals surface area contributed by atoms with Crippen LogP contribution >= 0.6 is 24.0 Å². The molecule has 0 aliphatic carbocycles. The van der Waals surface area contributed by atoms with Gasteiger partial charge in [-0.2, -0.15) is 5.10 Å². The molecule has 3 heterocycles. The van der Waals surface area contributed by atoms with Gasteiger partial charge in [-0.3, -0.25) is 9.67 Å². The largest absolute Gasteiger partial charge is 0.357 e. The zero-order chi connectivity index (χ0) is 19.1. The van der Waals surface area contributed by atoms with Gasteiger partial charge in [0.05, 0.1) is 6.20 Å². The summed E-state index contributed by atoms with van der Waals surface area (Å²) >= 11 is 0. The van der Waals surface area contributed by atoms with Gasteiger partial charge in [-0.15, -0.1) is 34.2 Å². The van der Waals surface area contributed by atoms with Crippen molar-refractivity contribution in [1.29, 1.82) is 0 Å². The molecule has 0 bridgehead atoms. The van der Waals surface area contributed by atoms with Gasteiger partial charge in [0.25, 0.3) is 0 Å². The smallest absolute Gasteiger partial charge is 0.193 e. The third-order valence-corrected chi connectivity index (χ3v) is 4.88. The van der Waals surface area contributed by atoms with E-state index in [0.717, 1.165) is 63.0 Å². The van der Waals surface area contributed by atoms with Gasteiger partial charge in [0.15, 0.2) is 5.96 Å². The number of aliphatic imine (C=N–C) groups is 1. The monoisotopic (exact) mass is 500 g/mol. The highest BCUT2D eigenvalue weighted by Gasteiger charge is 2.14. The first kappa shape index (κ1) is 22.6. The number of rotatable bonds is 7. The fourth-order valence-electron chi connectivity index (χ4n) is 3.52. The van der Waals surface area contributed by atoms with Crippen molar-refractivity contribution < 1.29 is 0 Å². The first-order chi connectivity index (χ1) is 13.2. The van der Waals surface area contributed by atoms with Crippen LogP contribution in [0.3, 0.4) is 0 Å². The van der Waals surface area contributed by atoms with Crippen molar-refractivity contribution in [3.8, 4) is 0 Å². The van der Waals surface area contributed by atoms with E-state index in [2.05, 4.69) is 44.1 Å². The van der Waals surface area contributed by atoms with E-state index >= 15 is 0 Å². The summed E-state index contributed by atoms with van der Waals surface area (Å²) in [6.07, 6.45) is 10.7. The number of halogens is 1. The molecule has 0 fully saturated rings. The van der Waals surface area contributed by atoms with Crippen LogP contribution in [0.15, 0.2) is 17.4 Å². The summed E-state index contributed by atoms with van der Waals surface area (Å²) < 4.78 is 4.16. The molecule has 9 heteroatoms. The standard InChI is InChI=1S/C19H32N8.HI/c1-4-20-19(25(2)14-16-13-22-26(3)15-16)21-11-8-10-18-24-23-17-9-6-5-7-12-27(17)18;/h13,15H,4-12,14H2,1-3H3,(H,20,21);1H. The molecule has 0 saturated carbocycles. The number of hydrogen-bond donors (Lipinski definition) is 1. The zero-order valence-electron chi connectivity index (χ0n) is 17.3. The Balaban J connectivity index is 0.00000280. The maximum atomic E-state index is 4.79. The molecule has 0 radical (unpaired) electrons. The molecule has 0 atom stereocenters. The average Bonchev–Trinajstić information content (AvgIpc) is 3.15. The van der Waals surface area contributed by atoms with E-state index in [9.17, 15) is 0 Å². The summed E-state index contributed by atoms with van der Waals surface area (Å²) in [5.41, 5.74) is 1.18. The number of fused-ring (bicyclic) bond motifs is 1. The lowest BCUT2D eigenvalue weighted by molar-refractivity contribution is 0.476. The molecule has 0 spiro atoms. The molecule has 28 heavy (non-hydrogen) atoms. The fraction of sp³-hybridized carbons (Fsp3) is 0.684. The van der Waals surface area contributed by atoms with Gasteiger partial charge in [-0.25, -0.2) is 0 Å². The normalized spacial score (nSPS) is 14.2. The van der Waals surface area contributed by atoms with E-state index < -0.39 is 0 Å². The molecule has 2 aromatic rings. The van der Waals surface area contributed by atoms with Crippen LogP contribution in [-0.2, 0) is 33.0 Å². The molecular weight excluding hydrogens is 467 g/mol. The van der Waals surface area contributed by atoms with Crippen molar-refractivity contribution in [2.75, 3.05) is 20.1 Å². The highest BCUT2D eigenvalue weighted by atomic mass is 127. The number of aryl methyl sites for hydroxylation is 3. The van der Waals surface area contributed by atoms with Crippen LogP contribution in [0.5, 0.6) is 0 Å². The molecule has 1 aliphatic heterocycles. The topological polar surface area (TPSA) is 76.2 Å². The lowest BCUT2D eigenvalue weighted by atomic mass is 10.2. The SMILES string of the molecule is CCNC(=NCCCc1nnc2n1CCCCC2)N(C)Cc1cnn(C)c1.I.